The van der Waals surface area contributed by atoms with Gasteiger partial charge in [0.1, 0.15) is 0 Å². The van der Waals surface area contributed by atoms with Crippen LogP contribution in [0.2, 0.25) is 0 Å². The first-order valence-corrected chi connectivity index (χ1v) is 6.71. The van der Waals surface area contributed by atoms with Gasteiger partial charge in [0.2, 0.25) is 0 Å². The minimum atomic E-state index is 0.161. The first kappa shape index (κ1) is 12.0. The molecule has 1 aromatic rings. The smallest absolute Gasteiger partial charge is 0.0582 e. The summed E-state index contributed by atoms with van der Waals surface area (Å²) in [4.78, 5) is 1.38. The lowest BCUT2D eigenvalue weighted by molar-refractivity contribution is 0.237. The number of hydrogen-bond donors (Lipinski definition) is 2. The Balaban J connectivity index is 2.20. The molecule has 0 radical (unpaired) electrons. The van der Waals surface area contributed by atoms with Crippen LogP contribution < -0.4 is 5.32 Å². The minimum absolute atomic E-state index is 0.161. The molecule has 0 aliphatic carbocycles. The summed E-state index contributed by atoms with van der Waals surface area (Å²) >= 11 is 1.95. The average Bonchev–Trinajstić information content (AvgIpc) is 2.28. The molecular weight excluding hydrogens is 218 g/mol. The van der Waals surface area contributed by atoms with Crippen molar-refractivity contribution >= 4 is 11.8 Å². The van der Waals surface area contributed by atoms with Crippen molar-refractivity contribution in [3.63, 3.8) is 0 Å². The molecule has 16 heavy (non-hydrogen) atoms. The van der Waals surface area contributed by atoms with Crippen molar-refractivity contribution in [2.24, 2.45) is 0 Å². The number of nitrogens with one attached hydrogen (secondary N) is 1. The lowest BCUT2D eigenvalue weighted by atomic mass is 10.0. The fraction of sp³-hybridized carbons (Fsp3) is 0.538. The van der Waals surface area contributed by atoms with Gasteiger partial charge in [-0.05, 0) is 25.0 Å². The third-order valence-corrected chi connectivity index (χ3v) is 4.17. The molecule has 0 amide bonds. The highest BCUT2D eigenvalue weighted by molar-refractivity contribution is 8.00. The van der Waals surface area contributed by atoms with Crippen molar-refractivity contribution in [1.82, 2.24) is 5.32 Å². The third kappa shape index (κ3) is 2.59. The SMILES string of the molecule is CC(CO)NC1CC(C)Sc2ccccc21. The van der Waals surface area contributed by atoms with Crippen molar-refractivity contribution in [1.29, 1.82) is 0 Å². The molecule has 1 aliphatic heterocycles. The summed E-state index contributed by atoms with van der Waals surface area (Å²) < 4.78 is 0. The molecule has 0 aromatic heterocycles. The first-order valence-electron chi connectivity index (χ1n) is 5.83. The predicted octanol–water partition coefficient (Wildman–Crippen LogP) is 2.58. The van der Waals surface area contributed by atoms with Crippen LogP contribution in [0.5, 0.6) is 0 Å². The molecule has 3 unspecified atom stereocenters. The molecule has 2 nitrogen and oxygen atoms in total. The maximum absolute atomic E-state index is 9.11. The molecule has 0 saturated heterocycles. The molecule has 3 heteroatoms. The predicted molar refractivity (Wildman–Crippen MR) is 68.8 cm³/mol. The Morgan fingerprint density at radius 1 is 1.50 bits per heavy atom. The van der Waals surface area contributed by atoms with Gasteiger partial charge in [-0.15, -0.1) is 11.8 Å². The number of aliphatic hydroxyl groups excluding tert-OH is 1. The zero-order chi connectivity index (χ0) is 11.5. The van der Waals surface area contributed by atoms with E-state index in [1.165, 1.54) is 10.5 Å². The largest absolute Gasteiger partial charge is 0.395 e. The Kier molecular flexibility index (Phi) is 3.90. The van der Waals surface area contributed by atoms with Crippen LogP contribution in [-0.4, -0.2) is 23.0 Å². The normalized spacial score (nSPS) is 26.2. The quantitative estimate of drug-likeness (QED) is 0.847. The van der Waals surface area contributed by atoms with E-state index in [1.807, 2.05) is 18.7 Å². The molecule has 2 rings (SSSR count). The van der Waals surface area contributed by atoms with Crippen LogP contribution in [0, 0.1) is 0 Å². The molecule has 0 saturated carbocycles. The number of aliphatic hydroxyl groups is 1. The Morgan fingerprint density at radius 2 is 2.25 bits per heavy atom. The summed E-state index contributed by atoms with van der Waals surface area (Å²) in [6.45, 7) is 4.48. The van der Waals surface area contributed by atoms with Crippen molar-refractivity contribution in [2.75, 3.05) is 6.61 Å². The van der Waals surface area contributed by atoms with E-state index in [-0.39, 0.29) is 12.6 Å². The van der Waals surface area contributed by atoms with Gasteiger partial charge >= 0.3 is 0 Å². The fourth-order valence-corrected chi connectivity index (χ4v) is 3.38. The summed E-state index contributed by atoms with van der Waals surface area (Å²) in [6.07, 6.45) is 1.13. The van der Waals surface area contributed by atoms with Crippen molar-refractivity contribution in [3.8, 4) is 0 Å². The summed E-state index contributed by atoms with van der Waals surface area (Å²) in [7, 11) is 0. The number of hydrogen-bond acceptors (Lipinski definition) is 3. The van der Waals surface area contributed by atoms with Gasteiger partial charge in [0.05, 0.1) is 6.61 Å². The molecule has 0 spiro atoms. The highest BCUT2D eigenvalue weighted by atomic mass is 32.2. The van der Waals surface area contributed by atoms with E-state index in [1.54, 1.807) is 0 Å². The van der Waals surface area contributed by atoms with Crippen LogP contribution in [0.4, 0.5) is 0 Å². The molecule has 2 N–H and O–H groups in total. The molecule has 0 fully saturated rings. The van der Waals surface area contributed by atoms with Gasteiger partial charge in [-0.2, -0.15) is 0 Å². The molecule has 1 heterocycles. The molecule has 3 atom stereocenters. The van der Waals surface area contributed by atoms with E-state index in [2.05, 4.69) is 36.5 Å². The van der Waals surface area contributed by atoms with Crippen LogP contribution in [0.1, 0.15) is 31.9 Å². The Bertz CT molecular complexity index is 356. The van der Waals surface area contributed by atoms with Crippen LogP contribution in [0.3, 0.4) is 0 Å². The second-order valence-electron chi connectivity index (χ2n) is 4.50. The van der Waals surface area contributed by atoms with Crippen molar-refractivity contribution in [2.45, 2.75) is 42.5 Å². The zero-order valence-electron chi connectivity index (χ0n) is 9.81. The number of thioether (sulfide) groups is 1. The third-order valence-electron chi connectivity index (χ3n) is 2.95. The van der Waals surface area contributed by atoms with E-state index in [0.29, 0.717) is 11.3 Å². The summed E-state index contributed by atoms with van der Waals surface area (Å²) in [5.74, 6) is 0. The van der Waals surface area contributed by atoms with Crippen molar-refractivity contribution in [3.05, 3.63) is 29.8 Å². The van der Waals surface area contributed by atoms with Gasteiger partial charge in [-0.25, -0.2) is 0 Å². The maximum Gasteiger partial charge on any atom is 0.0582 e. The van der Waals surface area contributed by atoms with Crippen LogP contribution in [0.15, 0.2) is 29.2 Å². The number of benzene rings is 1. The number of fused-ring (bicyclic) bond motifs is 1. The van der Waals surface area contributed by atoms with Gasteiger partial charge in [0.15, 0.2) is 0 Å². The van der Waals surface area contributed by atoms with Gasteiger partial charge in [-0.1, -0.05) is 25.1 Å². The monoisotopic (exact) mass is 237 g/mol. The average molecular weight is 237 g/mol. The highest BCUT2D eigenvalue weighted by Gasteiger charge is 2.25. The Labute approximate surface area is 101 Å². The van der Waals surface area contributed by atoms with E-state index >= 15 is 0 Å². The van der Waals surface area contributed by atoms with Gasteiger partial charge in [-0.3, -0.25) is 0 Å². The lowest BCUT2D eigenvalue weighted by Crippen LogP contribution is -2.35. The first-order chi connectivity index (χ1) is 7.70. The topological polar surface area (TPSA) is 32.3 Å². The Morgan fingerprint density at radius 3 is 3.00 bits per heavy atom. The Hall–Kier alpha value is -0.510. The van der Waals surface area contributed by atoms with E-state index < -0.39 is 0 Å². The second kappa shape index (κ2) is 5.21. The van der Waals surface area contributed by atoms with Crippen molar-refractivity contribution < 1.29 is 5.11 Å². The molecule has 1 aromatic carbocycles. The molecule has 0 bridgehead atoms. The van der Waals surface area contributed by atoms with Gasteiger partial charge in [0, 0.05) is 22.2 Å². The second-order valence-corrected chi connectivity index (χ2v) is 5.99. The lowest BCUT2D eigenvalue weighted by Gasteiger charge is -2.31. The summed E-state index contributed by atoms with van der Waals surface area (Å²) in [6, 6.07) is 9.11. The van der Waals surface area contributed by atoms with E-state index in [9.17, 15) is 0 Å². The van der Waals surface area contributed by atoms with Crippen LogP contribution in [-0.2, 0) is 0 Å². The fourth-order valence-electron chi connectivity index (χ4n) is 2.15. The van der Waals surface area contributed by atoms with E-state index in [4.69, 9.17) is 5.11 Å². The molecule has 1 aliphatic rings. The summed E-state index contributed by atoms with van der Waals surface area (Å²) in [5, 5.41) is 13.2. The zero-order valence-corrected chi connectivity index (χ0v) is 10.6. The number of rotatable bonds is 3. The maximum atomic E-state index is 9.11. The van der Waals surface area contributed by atoms with E-state index in [0.717, 1.165) is 6.42 Å². The standard InChI is InChI=1S/C13H19NOS/c1-9(8-15)14-12-7-10(2)16-13-6-4-3-5-11(12)13/h3-6,9-10,12,14-15H,7-8H2,1-2H3. The van der Waals surface area contributed by atoms with Gasteiger partial charge < -0.3 is 10.4 Å². The highest BCUT2D eigenvalue weighted by Crippen LogP contribution is 2.40. The molecule has 88 valence electrons. The van der Waals surface area contributed by atoms with Crippen LogP contribution in [0.25, 0.3) is 0 Å². The van der Waals surface area contributed by atoms with Gasteiger partial charge in [0.25, 0.3) is 0 Å². The summed E-state index contributed by atoms with van der Waals surface area (Å²) in [5.41, 5.74) is 1.38. The molecular formula is C13H19NOS. The minimum Gasteiger partial charge on any atom is -0.395 e. The van der Waals surface area contributed by atoms with Crippen LogP contribution >= 0.6 is 11.8 Å².